The van der Waals surface area contributed by atoms with E-state index >= 15 is 0 Å². The first-order valence-corrected chi connectivity index (χ1v) is 9.44. The molecule has 1 aliphatic rings. The van der Waals surface area contributed by atoms with E-state index < -0.39 is 6.61 Å². The van der Waals surface area contributed by atoms with Gasteiger partial charge in [0.1, 0.15) is 0 Å². The van der Waals surface area contributed by atoms with Gasteiger partial charge in [0.15, 0.2) is 11.5 Å². The van der Waals surface area contributed by atoms with Gasteiger partial charge in [0.2, 0.25) is 11.8 Å². The number of carbonyl (C=O) groups is 2. The lowest BCUT2D eigenvalue weighted by atomic mass is 10.1. The zero-order valence-electron chi connectivity index (χ0n) is 16.4. The second-order valence-corrected chi connectivity index (χ2v) is 6.66. The van der Waals surface area contributed by atoms with Crippen LogP contribution in [-0.2, 0) is 16.1 Å². The van der Waals surface area contributed by atoms with Crippen molar-refractivity contribution in [2.75, 3.05) is 18.6 Å². The lowest BCUT2D eigenvalue weighted by Crippen LogP contribution is -2.23. The maximum absolute atomic E-state index is 12.4. The Labute approximate surface area is 173 Å². The molecule has 30 heavy (non-hydrogen) atoms. The summed E-state index contributed by atoms with van der Waals surface area (Å²) in [7, 11) is 1.35. The highest BCUT2D eigenvalue weighted by Crippen LogP contribution is 2.29. The Balaban J connectivity index is 1.54. The molecule has 158 valence electrons. The topological polar surface area (TPSA) is 67.9 Å². The quantitative estimate of drug-likeness (QED) is 0.666. The smallest absolute Gasteiger partial charge is 0.387 e. The van der Waals surface area contributed by atoms with Gasteiger partial charge in [0, 0.05) is 31.3 Å². The van der Waals surface area contributed by atoms with Crippen molar-refractivity contribution < 1.29 is 27.8 Å². The summed E-state index contributed by atoms with van der Waals surface area (Å²) < 4.78 is 34.2. The number of alkyl halides is 2. The van der Waals surface area contributed by atoms with Crippen molar-refractivity contribution in [1.82, 2.24) is 5.32 Å². The van der Waals surface area contributed by atoms with Crippen LogP contribution in [0, 0.1) is 0 Å². The first-order valence-electron chi connectivity index (χ1n) is 9.44. The number of carbonyl (C=O) groups excluding carboxylic acids is 2. The standard InChI is InChI=1S/C22H22F2N2O4/c1-29-19-13-16(6-10-18(19)30-22(23)24)14-25-20(27)11-7-15-4-8-17(9-5-15)26-12-2-3-21(26)28/h4-11,13,22H,2-3,12,14H2,1H3,(H,25,27)/b11-7+. The summed E-state index contributed by atoms with van der Waals surface area (Å²) in [6, 6.07) is 11.9. The third-order valence-electron chi connectivity index (χ3n) is 4.62. The highest BCUT2D eigenvalue weighted by Gasteiger charge is 2.21. The fourth-order valence-electron chi connectivity index (χ4n) is 3.12. The Hall–Kier alpha value is -3.42. The van der Waals surface area contributed by atoms with Crippen LogP contribution < -0.4 is 19.7 Å². The molecule has 0 spiro atoms. The first kappa shape index (κ1) is 21.3. The maximum atomic E-state index is 12.4. The van der Waals surface area contributed by atoms with E-state index in [9.17, 15) is 18.4 Å². The number of hydrogen-bond acceptors (Lipinski definition) is 4. The zero-order chi connectivity index (χ0) is 21.5. The van der Waals surface area contributed by atoms with Crippen LogP contribution in [0.2, 0.25) is 0 Å². The Morgan fingerprint density at radius 1 is 1.20 bits per heavy atom. The van der Waals surface area contributed by atoms with Crippen LogP contribution in [0.4, 0.5) is 14.5 Å². The Bertz CT molecular complexity index is 929. The molecule has 0 aromatic heterocycles. The van der Waals surface area contributed by atoms with Crippen molar-refractivity contribution in [2.45, 2.75) is 26.0 Å². The van der Waals surface area contributed by atoms with E-state index in [0.29, 0.717) is 12.0 Å². The molecule has 1 heterocycles. The van der Waals surface area contributed by atoms with Gasteiger partial charge in [-0.05, 0) is 47.9 Å². The number of hydrogen-bond donors (Lipinski definition) is 1. The number of nitrogens with zero attached hydrogens (tertiary/aromatic N) is 1. The highest BCUT2D eigenvalue weighted by molar-refractivity contribution is 5.95. The molecule has 2 aromatic rings. The Kier molecular flexibility index (Phi) is 7.00. The molecule has 3 rings (SSSR count). The van der Waals surface area contributed by atoms with Crippen molar-refractivity contribution in [3.63, 3.8) is 0 Å². The molecule has 0 atom stereocenters. The number of halogens is 2. The largest absolute Gasteiger partial charge is 0.493 e. The summed E-state index contributed by atoms with van der Waals surface area (Å²) in [5, 5.41) is 2.72. The predicted octanol–water partition coefficient (Wildman–Crippen LogP) is 3.75. The molecule has 0 aliphatic carbocycles. The van der Waals surface area contributed by atoms with Crippen LogP contribution in [0.3, 0.4) is 0 Å². The molecule has 2 aromatic carbocycles. The molecule has 6 nitrogen and oxygen atoms in total. The zero-order valence-corrected chi connectivity index (χ0v) is 16.4. The van der Waals surface area contributed by atoms with E-state index in [1.54, 1.807) is 17.0 Å². The molecule has 0 saturated carbocycles. The van der Waals surface area contributed by atoms with E-state index in [1.165, 1.54) is 25.3 Å². The Morgan fingerprint density at radius 3 is 2.60 bits per heavy atom. The van der Waals surface area contributed by atoms with Crippen molar-refractivity contribution in [2.24, 2.45) is 0 Å². The third-order valence-corrected chi connectivity index (χ3v) is 4.62. The molecule has 1 fully saturated rings. The lowest BCUT2D eigenvalue weighted by Gasteiger charge is -2.15. The van der Waals surface area contributed by atoms with Gasteiger partial charge in [-0.2, -0.15) is 8.78 Å². The van der Waals surface area contributed by atoms with E-state index in [2.05, 4.69) is 10.1 Å². The van der Waals surface area contributed by atoms with E-state index in [-0.39, 0.29) is 29.9 Å². The summed E-state index contributed by atoms with van der Waals surface area (Å²) >= 11 is 0. The SMILES string of the molecule is COc1cc(CNC(=O)/C=C/c2ccc(N3CCCC3=O)cc2)ccc1OC(F)F. The third kappa shape index (κ3) is 5.56. The minimum atomic E-state index is -2.94. The van der Waals surface area contributed by atoms with Crippen molar-refractivity contribution in [1.29, 1.82) is 0 Å². The van der Waals surface area contributed by atoms with Gasteiger partial charge >= 0.3 is 6.61 Å². The summed E-state index contributed by atoms with van der Waals surface area (Å²) in [5.41, 5.74) is 2.36. The van der Waals surface area contributed by atoms with Crippen molar-refractivity contribution in [3.8, 4) is 11.5 Å². The second-order valence-electron chi connectivity index (χ2n) is 6.66. The van der Waals surface area contributed by atoms with Crippen LogP contribution in [-0.4, -0.2) is 32.1 Å². The van der Waals surface area contributed by atoms with E-state index in [1.807, 2.05) is 24.3 Å². The summed E-state index contributed by atoms with van der Waals surface area (Å²) in [6.07, 6.45) is 4.52. The number of anilines is 1. The fraction of sp³-hybridized carbons (Fsp3) is 0.273. The minimum Gasteiger partial charge on any atom is -0.493 e. The van der Waals surface area contributed by atoms with Gasteiger partial charge in [0.25, 0.3) is 0 Å². The minimum absolute atomic E-state index is 0.0680. The number of amides is 2. The number of nitrogens with one attached hydrogen (secondary N) is 1. The number of benzene rings is 2. The molecule has 0 bridgehead atoms. The molecule has 2 amide bonds. The Morgan fingerprint density at radius 2 is 1.97 bits per heavy atom. The molecule has 1 aliphatic heterocycles. The number of methoxy groups -OCH3 is 1. The molecule has 1 N–H and O–H groups in total. The predicted molar refractivity (Wildman–Crippen MR) is 109 cm³/mol. The van der Waals surface area contributed by atoms with Crippen LogP contribution in [0.15, 0.2) is 48.5 Å². The molecular formula is C22H22F2N2O4. The van der Waals surface area contributed by atoms with Crippen LogP contribution in [0.1, 0.15) is 24.0 Å². The summed E-state index contributed by atoms with van der Waals surface area (Å²) in [6.45, 7) is -2.01. The number of ether oxygens (including phenoxy) is 2. The van der Waals surface area contributed by atoms with Gasteiger partial charge in [-0.15, -0.1) is 0 Å². The van der Waals surface area contributed by atoms with Crippen LogP contribution in [0.5, 0.6) is 11.5 Å². The van der Waals surface area contributed by atoms with Crippen molar-refractivity contribution >= 4 is 23.6 Å². The highest BCUT2D eigenvalue weighted by atomic mass is 19.3. The van der Waals surface area contributed by atoms with Crippen LogP contribution in [0.25, 0.3) is 6.08 Å². The van der Waals surface area contributed by atoms with Gasteiger partial charge < -0.3 is 19.7 Å². The monoisotopic (exact) mass is 416 g/mol. The second kappa shape index (κ2) is 9.87. The van der Waals surface area contributed by atoms with Gasteiger partial charge in [-0.3, -0.25) is 9.59 Å². The number of rotatable bonds is 8. The van der Waals surface area contributed by atoms with Gasteiger partial charge in [0.05, 0.1) is 7.11 Å². The molecule has 1 saturated heterocycles. The lowest BCUT2D eigenvalue weighted by molar-refractivity contribution is -0.117. The average Bonchev–Trinajstić information content (AvgIpc) is 3.17. The first-order chi connectivity index (χ1) is 14.5. The normalized spacial score (nSPS) is 13.9. The van der Waals surface area contributed by atoms with Gasteiger partial charge in [-0.25, -0.2) is 0 Å². The summed E-state index contributed by atoms with van der Waals surface area (Å²) in [4.78, 5) is 25.6. The maximum Gasteiger partial charge on any atom is 0.387 e. The molecule has 0 unspecified atom stereocenters. The molecular weight excluding hydrogens is 394 g/mol. The average molecular weight is 416 g/mol. The van der Waals surface area contributed by atoms with E-state index in [4.69, 9.17) is 4.74 Å². The van der Waals surface area contributed by atoms with E-state index in [0.717, 1.165) is 24.2 Å². The summed E-state index contributed by atoms with van der Waals surface area (Å²) in [5.74, 6) is -0.0838. The molecule has 8 heteroatoms. The van der Waals surface area contributed by atoms with Crippen LogP contribution >= 0.6 is 0 Å². The molecule has 0 radical (unpaired) electrons. The fourth-order valence-corrected chi connectivity index (χ4v) is 3.12. The van der Waals surface area contributed by atoms with Crippen molar-refractivity contribution in [3.05, 3.63) is 59.7 Å². The van der Waals surface area contributed by atoms with Gasteiger partial charge in [-0.1, -0.05) is 18.2 Å².